The maximum Gasteiger partial charge on any atom is 0.269 e. The molecule has 2 aromatic rings. The van der Waals surface area contributed by atoms with Gasteiger partial charge in [0.1, 0.15) is 5.69 Å². The maximum atomic E-state index is 12.2. The van der Waals surface area contributed by atoms with Crippen LogP contribution in [0.3, 0.4) is 0 Å². The summed E-state index contributed by atoms with van der Waals surface area (Å²) in [6, 6.07) is 9.13. The number of pyridine rings is 1. The fourth-order valence-corrected chi connectivity index (χ4v) is 2.74. The second-order valence-electron chi connectivity index (χ2n) is 5.38. The summed E-state index contributed by atoms with van der Waals surface area (Å²) in [6.45, 7) is 5.59. The molecule has 116 valence electrons. The number of hydrogen-bond donors (Lipinski definition) is 2. The molecule has 1 aliphatic rings. The van der Waals surface area contributed by atoms with E-state index in [2.05, 4.69) is 20.5 Å². The third-order valence-corrected chi connectivity index (χ3v) is 4.05. The Kier molecular flexibility index (Phi) is 4.87. The van der Waals surface area contributed by atoms with E-state index >= 15 is 0 Å². The van der Waals surface area contributed by atoms with Gasteiger partial charge in [0.15, 0.2) is 0 Å². The second-order valence-corrected chi connectivity index (χ2v) is 5.82. The molecule has 22 heavy (non-hydrogen) atoms. The zero-order chi connectivity index (χ0) is 15.4. The Hall–Kier alpha value is -1.69. The largest absolute Gasteiger partial charge is 0.349 e. The molecule has 0 aliphatic carbocycles. The Morgan fingerprint density at radius 2 is 2.05 bits per heavy atom. The SMILES string of the molecule is O=C(NCCN1CCNCC1)c1ccc2ccc(Cl)cc2n1. The van der Waals surface area contributed by atoms with Crippen LogP contribution in [0.4, 0.5) is 0 Å². The van der Waals surface area contributed by atoms with E-state index in [-0.39, 0.29) is 5.91 Å². The Labute approximate surface area is 134 Å². The van der Waals surface area contributed by atoms with Crippen molar-refractivity contribution < 1.29 is 4.79 Å². The lowest BCUT2D eigenvalue weighted by Gasteiger charge is -2.27. The van der Waals surface area contributed by atoms with Crippen molar-refractivity contribution >= 4 is 28.4 Å². The molecule has 2 heterocycles. The molecule has 0 spiro atoms. The first-order valence-corrected chi connectivity index (χ1v) is 7.88. The average Bonchev–Trinajstić information content (AvgIpc) is 2.55. The monoisotopic (exact) mass is 318 g/mol. The van der Waals surface area contributed by atoms with Crippen molar-refractivity contribution in [1.29, 1.82) is 0 Å². The number of nitrogens with zero attached hydrogens (tertiary/aromatic N) is 2. The van der Waals surface area contributed by atoms with E-state index in [1.165, 1.54) is 0 Å². The van der Waals surface area contributed by atoms with Gasteiger partial charge in [0.25, 0.3) is 5.91 Å². The second kappa shape index (κ2) is 7.05. The Balaban J connectivity index is 1.59. The Morgan fingerprint density at radius 3 is 2.86 bits per heavy atom. The number of amides is 1. The van der Waals surface area contributed by atoms with E-state index in [9.17, 15) is 4.79 Å². The van der Waals surface area contributed by atoms with Gasteiger partial charge >= 0.3 is 0 Å². The van der Waals surface area contributed by atoms with Gasteiger partial charge in [-0.3, -0.25) is 9.69 Å². The van der Waals surface area contributed by atoms with E-state index in [0.717, 1.165) is 43.6 Å². The minimum absolute atomic E-state index is 0.142. The minimum Gasteiger partial charge on any atom is -0.349 e. The summed E-state index contributed by atoms with van der Waals surface area (Å²) >= 11 is 5.97. The third kappa shape index (κ3) is 3.74. The normalized spacial score (nSPS) is 15.9. The van der Waals surface area contributed by atoms with Gasteiger partial charge in [-0.1, -0.05) is 23.7 Å². The van der Waals surface area contributed by atoms with Gasteiger partial charge in [-0.2, -0.15) is 0 Å². The Bertz CT molecular complexity index is 670. The van der Waals surface area contributed by atoms with Crippen molar-refractivity contribution in [3.63, 3.8) is 0 Å². The molecule has 1 saturated heterocycles. The van der Waals surface area contributed by atoms with Crippen molar-refractivity contribution in [3.8, 4) is 0 Å². The van der Waals surface area contributed by atoms with Crippen LogP contribution in [0.15, 0.2) is 30.3 Å². The zero-order valence-corrected chi connectivity index (χ0v) is 13.1. The van der Waals surface area contributed by atoms with Crippen molar-refractivity contribution in [1.82, 2.24) is 20.5 Å². The van der Waals surface area contributed by atoms with Crippen LogP contribution < -0.4 is 10.6 Å². The molecule has 1 fully saturated rings. The molecule has 1 amide bonds. The van der Waals surface area contributed by atoms with E-state index in [4.69, 9.17) is 11.6 Å². The summed E-state index contributed by atoms with van der Waals surface area (Å²) in [7, 11) is 0. The van der Waals surface area contributed by atoms with Gasteiger partial charge in [-0.25, -0.2) is 4.98 Å². The summed E-state index contributed by atoms with van der Waals surface area (Å²) in [5.41, 5.74) is 1.16. The standard InChI is InChI=1S/C16H19ClN4O/c17-13-3-1-12-2-4-14(20-15(12)11-13)16(22)19-7-10-21-8-5-18-6-9-21/h1-4,11,18H,5-10H2,(H,19,22). The van der Waals surface area contributed by atoms with Crippen LogP contribution in [0.5, 0.6) is 0 Å². The average molecular weight is 319 g/mol. The van der Waals surface area contributed by atoms with Crippen LogP contribution in [0, 0.1) is 0 Å². The summed E-state index contributed by atoms with van der Waals surface area (Å²) in [5.74, 6) is -0.142. The number of aromatic nitrogens is 1. The molecule has 0 bridgehead atoms. The molecule has 3 rings (SSSR count). The van der Waals surface area contributed by atoms with Crippen LogP contribution in [0.2, 0.25) is 5.02 Å². The number of piperazine rings is 1. The number of rotatable bonds is 4. The van der Waals surface area contributed by atoms with E-state index in [1.54, 1.807) is 12.1 Å². The highest BCUT2D eigenvalue weighted by atomic mass is 35.5. The highest BCUT2D eigenvalue weighted by Gasteiger charge is 2.11. The number of carbonyl (C=O) groups excluding carboxylic acids is 1. The van der Waals surface area contributed by atoms with Crippen LogP contribution in [0.25, 0.3) is 10.9 Å². The molecule has 0 radical (unpaired) electrons. The van der Waals surface area contributed by atoms with E-state index in [1.807, 2.05) is 18.2 Å². The van der Waals surface area contributed by atoms with Gasteiger partial charge in [-0.15, -0.1) is 0 Å². The van der Waals surface area contributed by atoms with Crippen LogP contribution in [-0.2, 0) is 0 Å². The highest BCUT2D eigenvalue weighted by Crippen LogP contribution is 2.17. The predicted octanol–water partition coefficient (Wildman–Crippen LogP) is 1.52. The molecule has 1 aromatic carbocycles. The number of fused-ring (bicyclic) bond motifs is 1. The first-order chi connectivity index (χ1) is 10.7. The molecular weight excluding hydrogens is 300 g/mol. The van der Waals surface area contributed by atoms with Gasteiger partial charge in [-0.05, 0) is 18.2 Å². The topological polar surface area (TPSA) is 57.3 Å². The van der Waals surface area contributed by atoms with Gasteiger partial charge in [0, 0.05) is 49.7 Å². The van der Waals surface area contributed by atoms with Crippen molar-refractivity contribution in [3.05, 3.63) is 41.0 Å². The molecular formula is C16H19ClN4O. The minimum atomic E-state index is -0.142. The summed E-state index contributed by atoms with van der Waals surface area (Å²) < 4.78 is 0. The third-order valence-electron chi connectivity index (χ3n) is 3.81. The molecule has 2 N–H and O–H groups in total. The summed E-state index contributed by atoms with van der Waals surface area (Å²) in [4.78, 5) is 18.9. The molecule has 0 saturated carbocycles. The van der Waals surface area contributed by atoms with Crippen LogP contribution in [0.1, 0.15) is 10.5 Å². The highest BCUT2D eigenvalue weighted by molar-refractivity contribution is 6.31. The number of halogens is 1. The quantitative estimate of drug-likeness (QED) is 0.897. The molecule has 1 aromatic heterocycles. The summed E-state index contributed by atoms with van der Waals surface area (Å²) in [5, 5.41) is 7.84. The van der Waals surface area contributed by atoms with Crippen LogP contribution in [-0.4, -0.2) is 55.1 Å². The lowest BCUT2D eigenvalue weighted by Crippen LogP contribution is -2.46. The fourth-order valence-electron chi connectivity index (χ4n) is 2.57. The fraction of sp³-hybridized carbons (Fsp3) is 0.375. The zero-order valence-electron chi connectivity index (χ0n) is 12.3. The van der Waals surface area contributed by atoms with Gasteiger partial charge in [0.2, 0.25) is 0 Å². The summed E-state index contributed by atoms with van der Waals surface area (Å²) in [6.07, 6.45) is 0. The van der Waals surface area contributed by atoms with E-state index < -0.39 is 0 Å². The number of benzene rings is 1. The number of nitrogens with one attached hydrogen (secondary N) is 2. The van der Waals surface area contributed by atoms with Crippen LogP contribution >= 0.6 is 11.6 Å². The number of carbonyl (C=O) groups is 1. The maximum absolute atomic E-state index is 12.2. The molecule has 0 atom stereocenters. The lowest BCUT2D eigenvalue weighted by molar-refractivity contribution is 0.0942. The number of hydrogen-bond acceptors (Lipinski definition) is 4. The van der Waals surface area contributed by atoms with Crippen molar-refractivity contribution in [2.45, 2.75) is 0 Å². The molecule has 1 aliphatic heterocycles. The molecule has 5 nitrogen and oxygen atoms in total. The molecule has 6 heteroatoms. The smallest absolute Gasteiger partial charge is 0.269 e. The lowest BCUT2D eigenvalue weighted by atomic mass is 10.2. The predicted molar refractivity (Wildman–Crippen MR) is 88.4 cm³/mol. The van der Waals surface area contributed by atoms with Crippen molar-refractivity contribution in [2.75, 3.05) is 39.3 Å². The first kappa shape index (κ1) is 15.2. The first-order valence-electron chi connectivity index (χ1n) is 7.50. The van der Waals surface area contributed by atoms with Gasteiger partial charge in [0.05, 0.1) is 5.52 Å². The van der Waals surface area contributed by atoms with Crippen molar-refractivity contribution in [2.24, 2.45) is 0 Å². The van der Waals surface area contributed by atoms with E-state index in [0.29, 0.717) is 17.3 Å². The van der Waals surface area contributed by atoms with Gasteiger partial charge < -0.3 is 10.6 Å². The Morgan fingerprint density at radius 1 is 1.27 bits per heavy atom. The molecule has 0 unspecified atom stereocenters.